The number of hydrogen-bond donors (Lipinski definition) is 2. The Kier molecular flexibility index (Phi) is 6.18. The van der Waals surface area contributed by atoms with Crippen LogP contribution >= 0.6 is 12.2 Å². The van der Waals surface area contributed by atoms with Crippen molar-refractivity contribution in [3.63, 3.8) is 0 Å². The Bertz CT molecular complexity index is 1280. The number of carbonyl (C=O) groups is 1. The zero-order valence-electron chi connectivity index (χ0n) is 18.2. The fourth-order valence-electron chi connectivity index (χ4n) is 3.43. The molecule has 0 saturated heterocycles. The van der Waals surface area contributed by atoms with E-state index in [1.54, 1.807) is 21.5 Å². The second-order valence-electron chi connectivity index (χ2n) is 7.79. The summed E-state index contributed by atoms with van der Waals surface area (Å²) in [6, 6.07) is 17.9. The summed E-state index contributed by atoms with van der Waals surface area (Å²) >= 11 is 5.36. The number of H-pyrrole nitrogens is 1. The van der Waals surface area contributed by atoms with Gasteiger partial charge < -0.3 is 10.2 Å². The molecule has 8 nitrogen and oxygen atoms in total. The first-order chi connectivity index (χ1) is 15.4. The predicted octanol–water partition coefficient (Wildman–Crippen LogP) is 3.87. The van der Waals surface area contributed by atoms with Crippen molar-refractivity contribution in [2.45, 2.75) is 20.0 Å². The highest BCUT2D eigenvalue weighted by molar-refractivity contribution is 7.71. The smallest absolute Gasteiger partial charge is 0.245 e. The van der Waals surface area contributed by atoms with Gasteiger partial charge in [0.05, 0.1) is 12.7 Å². The number of nitrogens with one attached hydrogen (secondary N) is 2. The maximum absolute atomic E-state index is 12.8. The fourth-order valence-corrected chi connectivity index (χ4v) is 3.63. The molecule has 1 amide bonds. The molecule has 2 N–H and O–H groups in total. The summed E-state index contributed by atoms with van der Waals surface area (Å²) in [6.45, 7) is 2.61. The summed E-state index contributed by atoms with van der Waals surface area (Å²) in [5.41, 5.74) is 4.23. The van der Waals surface area contributed by atoms with Gasteiger partial charge in [-0.3, -0.25) is 14.5 Å². The van der Waals surface area contributed by atoms with Crippen LogP contribution < -0.4 is 10.2 Å². The van der Waals surface area contributed by atoms with E-state index < -0.39 is 0 Å². The van der Waals surface area contributed by atoms with Crippen molar-refractivity contribution in [1.82, 2.24) is 24.5 Å². The molecule has 0 bridgehead atoms. The van der Waals surface area contributed by atoms with Crippen molar-refractivity contribution >= 4 is 29.6 Å². The van der Waals surface area contributed by atoms with Crippen LogP contribution in [-0.2, 0) is 17.9 Å². The minimum atomic E-state index is -0.207. The van der Waals surface area contributed by atoms with E-state index >= 15 is 0 Å². The van der Waals surface area contributed by atoms with Gasteiger partial charge in [0.15, 0.2) is 10.6 Å². The van der Waals surface area contributed by atoms with Gasteiger partial charge in [-0.05, 0) is 42.9 Å². The molecule has 0 spiro atoms. The lowest BCUT2D eigenvalue weighted by Crippen LogP contribution is -2.21. The standard InChI is InChI=1S/C23H25N7OS/c1-16-5-4-6-18(13-16)22-26-27-23(32)29(22)15-21(31)25-20-11-12-24-30(20)14-17-7-9-19(10-8-17)28(2)3/h4-13H,14-15H2,1-3H3,(H,25,31)(H,27,32). The van der Waals surface area contributed by atoms with Gasteiger partial charge >= 0.3 is 0 Å². The van der Waals surface area contributed by atoms with E-state index in [1.807, 2.05) is 45.3 Å². The molecule has 9 heteroatoms. The molecule has 0 saturated carbocycles. The van der Waals surface area contributed by atoms with Crippen molar-refractivity contribution < 1.29 is 4.79 Å². The van der Waals surface area contributed by atoms with Crippen LogP contribution in [0, 0.1) is 11.7 Å². The van der Waals surface area contributed by atoms with E-state index in [9.17, 15) is 4.79 Å². The Hall–Kier alpha value is -3.72. The summed E-state index contributed by atoms with van der Waals surface area (Å²) in [5.74, 6) is 1.04. The lowest BCUT2D eigenvalue weighted by atomic mass is 10.1. The maximum atomic E-state index is 12.8. The number of amides is 1. The third-order valence-corrected chi connectivity index (χ3v) is 5.42. The van der Waals surface area contributed by atoms with Gasteiger partial charge in [0.2, 0.25) is 5.91 Å². The quantitative estimate of drug-likeness (QED) is 0.420. The zero-order valence-corrected chi connectivity index (χ0v) is 19.1. The molecule has 0 aliphatic heterocycles. The lowest BCUT2D eigenvalue weighted by molar-refractivity contribution is -0.116. The number of carbonyl (C=O) groups excluding carboxylic acids is 1. The highest BCUT2D eigenvalue weighted by Gasteiger charge is 2.14. The van der Waals surface area contributed by atoms with Crippen LogP contribution in [0.4, 0.5) is 11.5 Å². The number of hydrogen-bond acceptors (Lipinski definition) is 5. The van der Waals surface area contributed by atoms with Crippen LogP contribution in [0.25, 0.3) is 11.4 Å². The van der Waals surface area contributed by atoms with E-state index in [1.165, 1.54) is 0 Å². The third kappa shape index (κ3) is 4.78. The van der Waals surface area contributed by atoms with Gasteiger partial charge in [-0.1, -0.05) is 35.9 Å². The van der Waals surface area contributed by atoms with E-state index in [0.717, 1.165) is 22.4 Å². The first kappa shape index (κ1) is 21.5. The molecular weight excluding hydrogens is 422 g/mol. The number of nitrogens with zero attached hydrogens (tertiary/aromatic N) is 5. The van der Waals surface area contributed by atoms with E-state index in [0.29, 0.717) is 23.0 Å². The molecular formula is C23H25N7OS. The highest BCUT2D eigenvalue weighted by atomic mass is 32.1. The van der Waals surface area contributed by atoms with Gasteiger partial charge in [0.25, 0.3) is 0 Å². The molecule has 2 heterocycles. The first-order valence-corrected chi connectivity index (χ1v) is 10.6. The minimum Gasteiger partial charge on any atom is -0.378 e. The summed E-state index contributed by atoms with van der Waals surface area (Å²) in [6.07, 6.45) is 1.67. The number of aromatic nitrogens is 5. The average molecular weight is 448 g/mol. The van der Waals surface area contributed by atoms with Gasteiger partial charge in [-0.2, -0.15) is 10.2 Å². The van der Waals surface area contributed by atoms with Crippen LogP contribution in [0.1, 0.15) is 11.1 Å². The molecule has 4 rings (SSSR count). The summed E-state index contributed by atoms with van der Waals surface area (Å²) in [7, 11) is 4.01. The molecule has 0 unspecified atom stereocenters. The maximum Gasteiger partial charge on any atom is 0.245 e. The van der Waals surface area contributed by atoms with Crippen molar-refractivity contribution in [2.75, 3.05) is 24.3 Å². The molecule has 4 aromatic rings. The van der Waals surface area contributed by atoms with E-state index in [-0.39, 0.29) is 12.5 Å². The summed E-state index contributed by atoms with van der Waals surface area (Å²) < 4.78 is 3.85. The Balaban J connectivity index is 1.48. The Morgan fingerprint density at radius 1 is 1.16 bits per heavy atom. The number of aromatic amines is 1. The molecule has 0 atom stereocenters. The fraction of sp³-hybridized carbons (Fsp3) is 0.217. The Morgan fingerprint density at radius 3 is 2.66 bits per heavy atom. The SMILES string of the molecule is Cc1cccc(-c2n[nH]c(=S)n2CC(=O)Nc2ccnn2Cc2ccc(N(C)C)cc2)c1. The normalized spacial score (nSPS) is 10.8. The summed E-state index contributed by atoms with van der Waals surface area (Å²) in [5, 5.41) is 14.4. The first-order valence-electron chi connectivity index (χ1n) is 10.2. The van der Waals surface area contributed by atoms with E-state index in [4.69, 9.17) is 12.2 Å². The summed E-state index contributed by atoms with van der Waals surface area (Å²) in [4.78, 5) is 14.9. The predicted molar refractivity (Wildman–Crippen MR) is 128 cm³/mol. The molecule has 0 radical (unpaired) electrons. The minimum absolute atomic E-state index is 0.0430. The average Bonchev–Trinajstić information content (AvgIpc) is 3.35. The van der Waals surface area contributed by atoms with Gasteiger partial charge in [0, 0.05) is 31.4 Å². The number of anilines is 2. The van der Waals surface area contributed by atoms with Crippen molar-refractivity contribution in [1.29, 1.82) is 0 Å². The Labute approximate surface area is 191 Å². The molecule has 0 aliphatic rings. The van der Waals surface area contributed by atoms with Crippen LogP contribution in [0.3, 0.4) is 0 Å². The van der Waals surface area contributed by atoms with Gasteiger partial charge in [0.1, 0.15) is 12.4 Å². The molecule has 0 aliphatic carbocycles. The van der Waals surface area contributed by atoms with Crippen LogP contribution in [-0.4, -0.2) is 44.5 Å². The number of benzene rings is 2. The zero-order chi connectivity index (χ0) is 22.7. The lowest BCUT2D eigenvalue weighted by Gasteiger charge is -2.13. The van der Waals surface area contributed by atoms with Crippen molar-refractivity contribution in [3.8, 4) is 11.4 Å². The molecule has 0 fully saturated rings. The number of rotatable bonds is 7. The van der Waals surface area contributed by atoms with Gasteiger partial charge in [-0.25, -0.2) is 4.68 Å². The third-order valence-electron chi connectivity index (χ3n) is 5.11. The van der Waals surface area contributed by atoms with Crippen molar-refractivity contribution in [3.05, 3.63) is 76.7 Å². The molecule has 32 heavy (non-hydrogen) atoms. The topological polar surface area (TPSA) is 83.8 Å². The molecule has 2 aromatic heterocycles. The molecule has 164 valence electrons. The van der Waals surface area contributed by atoms with Crippen LogP contribution in [0.2, 0.25) is 0 Å². The monoisotopic (exact) mass is 447 g/mol. The van der Waals surface area contributed by atoms with Crippen LogP contribution in [0.15, 0.2) is 60.8 Å². The van der Waals surface area contributed by atoms with E-state index in [2.05, 4.69) is 49.8 Å². The highest BCUT2D eigenvalue weighted by Crippen LogP contribution is 2.19. The second kappa shape index (κ2) is 9.19. The van der Waals surface area contributed by atoms with Gasteiger partial charge in [-0.15, -0.1) is 0 Å². The number of aryl methyl sites for hydroxylation is 1. The largest absolute Gasteiger partial charge is 0.378 e. The molecule has 2 aromatic carbocycles. The Morgan fingerprint density at radius 2 is 1.94 bits per heavy atom. The second-order valence-corrected chi connectivity index (χ2v) is 8.18. The van der Waals surface area contributed by atoms with Crippen LogP contribution in [0.5, 0.6) is 0 Å². The van der Waals surface area contributed by atoms with Crippen molar-refractivity contribution in [2.24, 2.45) is 0 Å².